The molecule has 0 saturated heterocycles. The second-order valence-corrected chi connectivity index (χ2v) is 5.42. The van der Waals surface area contributed by atoms with Crippen LogP contribution in [-0.4, -0.2) is 30.7 Å². The third-order valence-corrected chi connectivity index (χ3v) is 2.34. The SMILES string of the molecule is CC(C)(C)OC(=O)NCCNC(=O)c1cc(F)ccc1N. The third kappa shape index (κ3) is 6.11. The first-order chi connectivity index (χ1) is 9.69. The molecule has 0 saturated carbocycles. The van der Waals surface area contributed by atoms with E-state index in [0.717, 1.165) is 6.07 Å². The lowest BCUT2D eigenvalue weighted by Gasteiger charge is -2.19. The molecule has 0 aliphatic rings. The van der Waals surface area contributed by atoms with E-state index >= 15 is 0 Å². The number of nitrogens with one attached hydrogen (secondary N) is 2. The number of halogens is 1. The minimum absolute atomic E-state index is 0.0623. The Morgan fingerprint density at radius 3 is 2.48 bits per heavy atom. The zero-order valence-electron chi connectivity index (χ0n) is 12.3. The lowest BCUT2D eigenvalue weighted by atomic mass is 10.1. The highest BCUT2D eigenvalue weighted by Crippen LogP contribution is 2.12. The van der Waals surface area contributed by atoms with Crippen LogP contribution < -0.4 is 16.4 Å². The molecule has 7 heteroatoms. The number of hydrogen-bond donors (Lipinski definition) is 3. The molecule has 0 bridgehead atoms. The molecule has 116 valence electrons. The van der Waals surface area contributed by atoms with Crippen LogP contribution >= 0.6 is 0 Å². The summed E-state index contributed by atoms with van der Waals surface area (Å²) in [4.78, 5) is 23.1. The Morgan fingerprint density at radius 2 is 1.86 bits per heavy atom. The standard InChI is InChI=1S/C14H20FN3O3/c1-14(2,3)21-13(20)18-7-6-17-12(19)10-8-9(15)4-5-11(10)16/h4-5,8H,6-7,16H2,1-3H3,(H,17,19)(H,18,20). The van der Waals surface area contributed by atoms with Gasteiger partial charge in [-0.1, -0.05) is 0 Å². The number of ether oxygens (including phenoxy) is 1. The first-order valence-corrected chi connectivity index (χ1v) is 6.49. The summed E-state index contributed by atoms with van der Waals surface area (Å²) in [5.41, 5.74) is 5.27. The summed E-state index contributed by atoms with van der Waals surface area (Å²) in [5.74, 6) is -1.04. The van der Waals surface area contributed by atoms with Crippen LogP contribution in [0.15, 0.2) is 18.2 Å². The Kier molecular flexibility index (Phi) is 5.52. The van der Waals surface area contributed by atoms with Gasteiger partial charge in [0.1, 0.15) is 11.4 Å². The minimum Gasteiger partial charge on any atom is -0.444 e. The number of alkyl carbamates (subject to hydrolysis) is 1. The van der Waals surface area contributed by atoms with Gasteiger partial charge in [0.25, 0.3) is 5.91 Å². The average molecular weight is 297 g/mol. The van der Waals surface area contributed by atoms with E-state index in [2.05, 4.69) is 10.6 Å². The van der Waals surface area contributed by atoms with Crippen LogP contribution in [0.3, 0.4) is 0 Å². The fourth-order valence-electron chi connectivity index (χ4n) is 1.48. The van der Waals surface area contributed by atoms with Crippen molar-refractivity contribution >= 4 is 17.7 Å². The Morgan fingerprint density at radius 1 is 1.24 bits per heavy atom. The van der Waals surface area contributed by atoms with Crippen LogP contribution in [0.4, 0.5) is 14.9 Å². The number of anilines is 1. The zero-order chi connectivity index (χ0) is 16.0. The largest absolute Gasteiger partial charge is 0.444 e. The van der Waals surface area contributed by atoms with Gasteiger partial charge in [0, 0.05) is 18.8 Å². The Bertz CT molecular complexity index is 527. The predicted molar refractivity (Wildman–Crippen MR) is 77.4 cm³/mol. The third-order valence-electron chi connectivity index (χ3n) is 2.34. The summed E-state index contributed by atoms with van der Waals surface area (Å²) in [6.07, 6.45) is -0.568. The summed E-state index contributed by atoms with van der Waals surface area (Å²) >= 11 is 0. The first-order valence-electron chi connectivity index (χ1n) is 6.49. The molecule has 0 aliphatic carbocycles. The predicted octanol–water partition coefficient (Wildman–Crippen LogP) is 1.66. The molecular weight excluding hydrogens is 277 g/mol. The van der Waals surface area contributed by atoms with E-state index in [0.29, 0.717) is 0 Å². The van der Waals surface area contributed by atoms with Crippen molar-refractivity contribution in [3.63, 3.8) is 0 Å². The number of rotatable bonds is 4. The van der Waals surface area contributed by atoms with Crippen molar-refractivity contribution < 1.29 is 18.7 Å². The monoisotopic (exact) mass is 297 g/mol. The van der Waals surface area contributed by atoms with Gasteiger partial charge in [-0.3, -0.25) is 4.79 Å². The number of amides is 2. The van der Waals surface area contributed by atoms with Gasteiger partial charge in [0.15, 0.2) is 0 Å². The van der Waals surface area contributed by atoms with Crippen LogP contribution in [0.2, 0.25) is 0 Å². The maximum Gasteiger partial charge on any atom is 0.407 e. The number of carbonyl (C=O) groups excluding carboxylic acids is 2. The van der Waals surface area contributed by atoms with Gasteiger partial charge in [0.05, 0.1) is 5.56 Å². The zero-order valence-corrected chi connectivity index (χ0v) is 12.3. The van der Waals surface area contributed by atoms with Crippen LogP contribution in [0, 0.1) is 5.82 Å². The second kappa shape index (κ2) is 6.92. The molecule has 4 N–H and O–H groups in total. The van der Waals surface area contributed by atoms with Crippen LogP contribution in [0.5, 0.6) is 0 Å². The molecule has 0 radical (unpaired) electrons. The molecule has 1 aromatic rings. The molecule has 0 unspecified atom stereocenters. The molecule has 0 atom stereocenters. The van der Waals surface area contributed by atoms with Crippen molar-refractivity contribution in [3.8, 4) is 0 Å². The molecule has 0 aromatic heterocycles. The summed E-state index contributed by atoms with van der Waals surface area (Å²) in [5, 5.41) is 5.02. The van der Waals surface area contributed by atoms with Crippen molar-refractivity contribution in [3.05, 3.63) is 29.6 Å². The summed E-state index contributed by atoms with van der Waals surface area (Å²) in [6, 6.07) is 3.56. The van der Waals surface area contributed by atoms with E-state index in [1.807, 2.05) is 0 Å². The molecule has 1 rings (SSSR count). The highest BCUT2D eigenvalue weighted by Gasteiger charge is 2.15. The quantitative estimate of drug-likeness (QED) is 0.582. The minimum atomic E-state index is -0.580. The van der Waals surface area contributed by atoms with Gasteiger partial charge >= 0.3 is 6.09 Å². The van der Waals surface area contributed by atoms with Crippen molar-refractivity contribution in [1.29, 1.82) is 0 Å². The van der Waals surface area contributed by atoms with Gasteiger partial charge in [0.2, 0.25) is 0 Å². The summed E-state index contributed by atoms with van der Waals surface area (Å²) in [7, 11) is 0. The highest BCUT2D eigenvalue weighted by atomic mass is 19.1. The van der Waals surface area contributed by atoms with Gasteiger partial charge < -0.3 is 21.1 Å². The summed E-state index contributed by atoms with van der Waals surface area (Å²) in [6.45, 7) is 5.62. The molecule has 0 fully saturated rings. The fourth-order valence-corrected chi connectivity index (χ4v) is 1.48. The molecule has 6 nitrogen and oxygen atoms in total. The van der Waals surface area contributed by atoms with Crippen molar-refractivity contribution in [2.75, 3.05) is 18.8 Å². The van der Waals surface area contributed by atoms with Gasteiger partial charge in [-0.25, -0.2) is 9.18 Å². The lowest BCUT2D eigenvalue weighted by molar-refractivity contribution is 0.0526. The van der Waals surface area contributed by atoms with E-state index in [1.54, 1.807) is 20.8 Å². The van der Waals surface area contributed by atoms with E-state index in [9.17, 15) is 14.0 Å². The summed E-state index contributed by atoms with van der Waals surface area (Å²) < 4.78 is 18.1. The maximum atomic E-state index is 13.1. The Labute approximate surface area is 122 Å². The Hall–Kier alpha value is -2.31. The van der Waals surface area contributed by atoms with E-state index in [1.165, 1.54) is 12.1 Å². The van der Waals surface area contributed by atoms with Crippen molar-refractivity contribution in [2.24, 2.45) is 0 Å². The second-order valence-electron chi connectivity index (χ2n) is 5.42. The molecule has 0 heterocycles. The molecular formula is C14H20FN3O3. The molecule has 0 spiro atoms. The lowest BCUT2D eigenvalue weighted by Crippen LogP contribution is -2.38. The number of hydrogen-bond acceptors (Lipinski definition) is 4. The highest BCUT2D eigenvalue weighted by molar-refractivity contribution is 5.99. The smallest absolute Gasteiger partial charge is 0.407 e. The first kappa shape index (κ1) is 16.7. The number of nitrogens with two attached hydrogens (primary N) is 1. The normalized spacial score (nSPS) is 10.9. The van der Waals surface area contributed by atoms with Crippen LogP contribution in [-0.2, 0) is 4.74 Å². The molecule has 2 amide bonds. The van der Waals surface area contributed by atoms with E-state index < -0.39 is 23.4 Å². The van der Waals surface area contributed by atoms with Crippen LogP contribution in [0.25, 0.3) is 0 Å². The van der Waals surface area contributed by atoms with Gasteiger partial charge in [-0.15, -0.1) is 0 Å². The van der Waals surface area contributed by atoms with Crippen molar-refractivity contribution in [1.82, 2.24) is 10.6 Å². The van der Waals surface area contributed by atoms with Gasteiger partial charge in [-0.2, -0.15) is 0 Å². The molecule has 1 aromatic carbocycles. The average Bonchev–Trinajstić information content (AvgIpc) is 2.35. The maximum absolute atomic E-state index is 13.1. The number of benzene rings is 1. The number of carbonyl (C=O) groups is 2. The Balaban J connectivity index is 2.38. The van der Waals surface area contributed by atoms with E-state index in [4.69, 9.17) is 10.5 Å². The van der Waals surface area contributed by atoms with Crippen molar-refractivity contribution in [2.45, 2.75) is 26.4 Å². The fraction of sp³-hybridized carbons (Fsp3) is 0.429. The topological polar surface area (TPSA) is 93.5 Å². The number of nitrogen functional groups attached to an aromatic ring is 1. The van der Waals surface area contributed by atoms with Crippen LogP contribution in [0.1, 0.15) is 31.1 Å². The molecule has 21 heavy (non-hydrogen) atoms. The van der Waals surface area contributed by atoms with E-state index in [-0.39, 0.29) is 24.3 Å². The van der Waals surface area contributed by atoms with Gasteiger partial charge in [-0.05, 0) is 39.0 Å². The molecule has 0 aliphatic heterocycles.